The topological polar surface area (TPSA) is 12.0 Å². The maximum absolute atomic E-state index is 13.0. The summed E-state index contributed by atoms with van der Waals surface area (Å²) in [5, 5.41) is 3.04. The molecule has 0 atom stereocenters. The highest BCUT2D eigenvalue weighted by atomic mass is 79.9. The quantitative estimate of drug-likeness (QED) is 0.830. The second-order valence-corrected chi connectivity index (χ2v) is 5.02. The highest BCUT2D eigenvalue weighted by Gasteiger charge is 2.09. The molecule has 0 heterocycles. The summed E-state index contributed by atoms with van der Waals surface area (Å²) in [6.07, 6.45) is 0. The third-order valence-electron chi connectivity index (χ3n) is 2.62. The van der Waals surface area contributed by atoms with Crippen molar-refractivity contribution in [1.82, 2.24) is 5.32 Å². The summed E-state index contributed by atoms with van der Waals surface area (Å²) >= 11 is 3.33. The van der Waals surface area contributed by atoms with Crippen molar-refractivity contribution in [3.05, 3.63) is 69.4 Å². The Morgan fingerprint density at radius 1 is 0.842 bits per heavy atom. The molecular formula is C14H11BrF3N. The van der Waals surface area contributed by atoms with Crippen LogP contribution in [0.4, 0.5) is 13.2 Å². The zero-order valence-electron chi connectivity index (χ0n) is 9.89. The molecule has 19 heavy (non-hydrogen) atoms. The molecule has 2 rings (SSSR count). The lowest BCUT2D eigenvalue weighted by molar-refractivity contribution is 0.444. The number of benzene rings is 2. The Balaban J connectivity index is 1.94. The van der Waals surface area contributed by atoms with Gasteiger partial charge in [0.1, 0.15) is 0 Å². The lowest BCUT2D eigenvalue weighted by Crippen LogP contribution is -2.13. The number of hydrogen-bond donors (Lipinski definition) is 1. The average molecular weight is 330 g/mol. The summed E-state index contributed by atoms with van der Waals surface area (Å²) < 4.78 is 39.7. The first-order valence-corrected chi connectivity index (χ1v) is 6.44. The van der Waals surface area contributed by atoms with Gasteiger partial charge in [-0.2, -0.15) is 0 Å². The Hall–Kier alpha value is -1.33. The number of hydrogen-bond acceptors (Lipinski definition) is 1. The summed E-state index contributed by atoms with van der Waals surface area (Å²) in [7, 11) is 0. The van der Waals surface area contributed by atoms with E-state index in [0.717, 1.165) is 22.2 Å². The predicted molar refractivity (Wildman–Crippen MR) is 71.0 cm³/mol. The summed E-state index contributed by atoms with van der Waals surface area (Å²) in [4.78, 5) is 0. The number of halogens is 4. The highest BCUT2D eigenvalue weighted by molar-refractivity contribution is 9.10. The second-order valence-electron chi connectivity index (χ2n) is 4.10. The van der Waals surface area contributed by atoms with E-state index in [4.69, 9.17) is 0 Å². The average Bonchev–Trinajstić information content (AvgIpc) is 2.38. The minimum absolute atomic E-state index is 0.268. The predicted octanol–water partition coefficient (Wildman–Crippen LogP) is 4.16. The van der Waals surface area contributed by atoms with Gasteiger partial charge in [-0.15, -0.1) is 0 Å². The molecule has 2 aromatic rings. The van der Waals surface area contributed by atoms with Gasteiger partial charge in [-0.25, -0.2) is 13.2 Å². The van der Waals surface area contributed by atoms with Crippen LogP contribution in [-0.4, -0.2) is 0 Å². The van der Waals surface area contributed by atoms with E-state index in [2.05, 4.69) is 21.2 Å². The van der Waals surface area contributed by atoms with Gasteiger partial charge in [0.05, 0.1) is 0 Å². The largest absolute Gasteiger partial charge is 0.309 e. The van der Waals surface area contributed by atoms with Crippen molar-refractivity contribution in [2.45, 2.75) is 13.1 Å². The molecule has 0 aromatic heterocycles. The zero-order chi connectivity index (χ0) is 13.8. The van der Waals surface area contributed by atoms with Gasteiger partial charge < -0.3 is 5.32 Å². The van der Waals surface area contributed by atoms with Crippen molar-refractivity contribution in [2.24, 2.45) is 0 Å². The van der Waals surface area contributed by atoms with Gasteiger partial charge in [-0.05, 0) is 35.4 Å². The van der Waals surface area contributed by atoms with Gasteiger partial charge in [0.15, 0.2) is 17.5 Å². The Bertz CT molecular complexity index is 546. The van der Waals surface area contributed by atoms with E-state index >= 15 is 0 Å². The van der Waals surface area contributed by atoms with E-state index in [9.17, 15) is 13.2 Å². The van der Waals surface area contributed by atoms with Gasteiger partial charge in [0, 0.05) is 17.6 Å². The molecule has 0 aliphatic heterocycles. The molecule has 0 spiro atoms. The fourth-order valence-electron chi connectivity index (χ4n) is 1.66. The van der Waals surface area contributed by atoms with Crippen LogP contribution in [0.5, 0.6) is 0 Å². The van der Waals surface area contributed by atoms with Crippen LogP contribution in [0.25, 0.3) is 0 Å². The van der Waals surface area contributed by atoms with Crippen LogP contribution in [-0.2, 0) is 13.1 Å². The number of rotatable bonds is 4. The molecule has 5 heteroatoms. The van der Waals surface area contributed by atoms with Crippen molar-refractivity contribution in [3.63, 3.8) is 0 Å². The second kappa shape index (κ2) is 6.21. The van der Waals surface area contributed by atoms with Crippen LogP contribution in [0.3, 0.4) is 0 Å². The molecule has 0 bridgehead atoms. The maximum Gasteiger partial charge on any atom is 0.194 e. The Labute approximate surface area is 117 Å². The molecule has 100 valence electrons. The van der Waals surface area contributed by atoms with Crippen molar-refractivity contribution < 1.29 is 13.2 Å². The van der Waals surface area contributed by atoms with E-state index in [1.165, 1.54) is 0 Å². The molecule has 0 radical (unpaired) electrons. The van der Waals surface area contributed by atoms with Gasteiger partial charge in [-0.1, -0.05) is 28.1 Å². The molecule has 2 aromatic carbocycles. The van der Waals surface area contributed by atoms with E-state index in [1.807, 2.05) is 24.3 Å². The van der Waals surface area contributed by atoms with E-state index in [0.29, 0.717) is 12.1 Å². The minimum atomic E-state index is -1.43. The lowest BCUT2D eigenvalue weighted by atomic mass is 10.2. The standard InChI is InChI=1S/C14H11BrF3N/c15-11-3-1-9(2-4-11)7-19-8-10-5-12(16)14(18)13(17)6-10/h1-6,19H,7-8H2. The molecule has 0 aliphatic carbocycles. The lowest BCUT2D eigenvalue weighted by Gasteiger charge is -2.06. The Kier molecular flexibility index (Phi) is 4.61. The molecular weight excluding hydrogens is 319 g/mol. The van der Waals surface area contributed by atoms with Crippen LogP contribution >= 0.6 is 15.9 Å². The first-order valence-electron chi connectivity index (χ1n) is 5.65. The van der Waals surface area contributed by atoms with E-state index in [1.54, 1.807) is 0 Å². The Morgan fingerprint density at radius 2 is 1.37 bits per heavy atom. The number of nitrogens with one attached hydrogen (secondary N) is 1. The highest BCUT2D eigenvalue weighted by Crippen LogP contribution is 2.14. The van der Waals surface area contributed by atoms with Crippen LogP contribution in [0.15, 0.2) is 40.9 Å². The normalized spacial score (nSPS) is 10.7. The molecule has 0 amide bonds. The molecule has 0 aliphatic rings. The van der Waals surface area contributed by atoms with Crippen LogP contribution in [0, 0.1) is 17.5 Å². The van der Waals surface area contributed by atoms with Crippen molar-refractivity contribution in [2.75, 3.05) is 0 Å². The van der Waals surface area contributed by atoms with Gasteiger partial charge in [-0.3, -0.25) is 0 Å². The summed E-state index contributed by atoms with van der Waals surface area (Å²) in [5.41, 5.74) is 1.42. The third-order valence-corrected chi connectivity index (χ3v) is 3.14. The molecule has 0 saturated carbocycles. The minimum Gasteiger partial charge on any atom is -0.309 e. The smallest absolute Gasteiger partial charge is 0.194 e. The zero-order valence-corrected chi connectivity index (χ0v) is 11.5. The van der Waals surface area contributed by atoms with E-state index in [-0.39, 0.29) is 6.54 Å². The van der Waals surface area contributed by atoms with Gasteiger partial charge in [0.25, 0.3) is 0 Å². The molecule has 1 N–H and O–H groups in total. The molecule has 0 fully saturated rings. The first-order chi connectivity index (χ1) is 9.06. The van der Waals surface area contributed by atoms with Crippen molar-refractivity contribution in [3.8, 4) is 0 Å². The fourth-order valence-corrected chi connectivity index (χ4v) is 1.93. The molecule has 1 nitrogen and oxygen atoms in total. The van der Waals surface area contributed by atoms with Gasteiger partial charge >= 0.3 is 0 Å². The summed E-state index contributed by atoms with van der Waals surface area (Å²) in [5.74, 6) is -3.77. The summed E-state index contributed by atoms with van der Waals surface area (Å²) in [6.45, 7) is 0.831. The van der Waals surface area contributed by atoms with Crippen LogP contribution in [0.1, 0.15) is 11.1 Å². The van der Waals surface area contributed by atoms with Crippen molar-refractivity contribution in [1.29, 1.82) is 0 Å². The summed E-state index contributed by atoms with van der Waals surface area (Å²) in [6, 6.07) is 9.67. The monoisotopic (exact) mass is 329 g/mol. The van der Waals surface area contributed by atoms with Crippen LogP contribution < -0.4 is 5.32 Å². The molecule has 0 saturated heterocycles. The maximum atomic E-state index is 13.0. The fraction of sp³-hybridized carbons (Fsp3) is 0.143. The Morgan fingerprint density at radius 3 is 1.95 bits per heavy atom. The van der Waals surface area contributed by atoms with Crippen molar-refractivity contribution >= 4 is 15.9 Å². The third kappa shape index (κ3) is 3.81. The first kappa shape index (κ1) is 14.1. The van der Waals surface area contributed by atoms with E-state index < -0.39 is 17.5 Å². The van der Waals surface area contributed by atoms with Crippen LogP contribution in [0.2, 0.25) is 0 Å². The van der Waals surface area contributed by atoms with Gasteiger partial charge in [0.2, 0.25) is 0 Å². The molecule has 0 unspecified atom stereocenters. The SMILES string of the molecule is Fc1cc(CNCc2ccc(Br)cc2)cc(F)c1F.